The van der Waals surface area contributed by atoms with Gasteiger partial charge >= 0.3 is 11.9 Å². The molecular weight excluding hydrogens is 422 g/mol. The molecule has 0 aromatic rings. The zero-order valence-electron chi connectivity index (χ0n) is 16.4. The first-order valence-corrected chi connectivity index (χ1v) is 10.2. The van der Waals surface area contributed by atoms with Gasteiger partial charge in [-0.2, -0.15) is 11.8 Å². The average Bonchev–Trinajstić information content (AvgIpc) is 2.65. The van der Waals surface area contributed by atoms with Crippen LogP contribution in [0.4, 0.5) is 0 Å². The number of amides is 4. The molecule has 0 spiro atoms. The van der Waals surface area contributed by atoms with Gasteiger partial charge in [0.15, 0.2) is 0 Å². The van der Waals surface area contributed by atoms with Gasteiger partial charge in [0, 0.05) is 6.42 Å². The van der Waals surface area contributed by atoms with Crippen LogP contribution in [-0.2, 0) is 28.8 Å². The Bertz CT molecular complexity index is 660. The Morgan fingerprint density at radius 1 is 0.967 bits per heavy atom. The lowest BCUT2D eigenvalue weighted by Gasteiger charge is -2.20. The van der Waals surface area contributed by atoms with Crippen LogP contribution in [0.1, 0.15) is 25.7 Å². The molecule has 0 aromatic carbocycles. The molecule has 0 bridgehead atoms. The number of hydrogen-bond donors (Lipinski definition) is 7. The van der Waals surface area contributed by atoms with Crippen LogP contribution in [0.2, 0.25) is 0 Å². The second-order valence-corrected chi connectivity index (χ2v) is 7.21. The monoisotopic (exact) mass is 449 g/mol. The Hall–Kier alpha value is -2.87. The summed E-state index contributed by atoms with van der Waals surface area (Å²) in [5.41, 5.74) is 10.6. The summed E-state index contributed by atoms with van der Waals surface area (Å²) in [7, 11) is 0. The van der Waals surface area contributed by atoms with Gasteiger partial charge in [0.05, 0.1) is 19.0 Å². The fraction of sp³-hybridized carbons (Fsp3) is 0.625. The number of carbonyl (C=O) groups excluding carboxylic acids is 4. The molecule has 14 heteroatoms. The van der Waals surface area contributed by atoms with Gasteiger partial charge in [-0.1, -0.05) is 0 Å². The molecular formula is C16H27N5O8S. The maximum absolute atomic E-state index is 12.2. The van der Waals surface area contributed by atoms with E-state index in [1.807, 2.05) is 0 Å². The van der Waals surface area contributed by atoms with Crippen molar-refractivity contribution in [2.75, 3.05) is 18.6 Å². The summed E-state index contributed by atoms with van der Waals surface area (Å²) in [5.74, 6) is -5.37. The highest BCUT2D eigenvalue weighted by Gasteiger charge is 2.26. The summed E-state index contributed by atoms with van der Waals surface area (Å²) in [6, 6.07) is -3.80. The molecule has 170 valence electrons. The Kier molecular flexibility index (Phi) is 12.8. The summed E-state index contributed by atoms with van der Waals surface area (Å²) in [4.78, 5) is 69.0. The van der Waals surface area contributed by atoms with E-state index < -0.39 is 66.7 Å². The fourth-order valence-corrected chi connectivity index (χ4v) is 2.60. The van der Waals surface area contributed by atoms with Gasteiger partial charge in [-0.3, -0.25) is 24.0 Å². The summed E-state index contributed by atoms with van der Waals surface area (Å²) in [6.45, 7) is -0.599. The van der Waals surface area contributed by atoms with Crippen molar-refractivity contribution in [1.29, 1.82) is 0 Å². The second kappa shape index (κ2) is 14.2. The largest absolute Gasteiger partial charge is 0.481 e. The molecule has 9 N–H and O–H groups in total. The van der Waals surface area contributed by atoms with Gasteiger partial charge in [-0.25, -0.2) is 4.79 Å². The number of nitrogens with one attached hydrogen (secondary N) is 3. The van der Waals surface area contributed by atoms with Crippen LogP contribution in [-0.4, -0.2) is 82.5 Å². The first-order chi connectivity index (χ1) is 14.0. The third-order valence-corrected chi connectivity index (χ3v) is 4.36. The van der Waals surface area contributed by atoms with Crippen LogP contribution in [0.5, 0.6) is 0 Å². The topological polar surface area (TPSA) is 231 Å². The average molecular weight is 449 g/mol. The highest BCUT2D eigenvalue weighted by atomic mass is 32.2. The van der Waals surface area contributed by atoms with Crippen LogP contribution < -0.4 is 27.4 Å². The van der Waals surface area contributed by atoms with Crippen molar-refractivity contribution in [3.63, 3.8) is 0 Å². The van der Waals surface area contributed by atoms with Crippen molar-refractivity contribution in [3.05, 3.63) is 0 Å². The smallest absolute Gasteiger partial charge is 0.326 e. The lowest BCUT2D eigenvalue weighted by atomic mass is 10.1. The minimum atomic E-state index is -1.44. The first kappa shape index (κ1) is 27.1. The van der Waals surface area contributed by atoms with E-state index >= 15 is 0 Å². The van der Waals surface area contributed by atoms with Crippen molar-refractivity contribution in [3.8, 4) is 0 Å². The molecule has 3 unspecified atom stereocenters. The van der Waals surface area contributed by atoms with Crippen LogP contribution in [0.3, 0.4) is 0 Å². The number of carboxylic acids is 2. The van der Waals surface area contributed by atoms with Gasteiger partial charge < -0.3 is 37.6 Å². The van der Waals surface area contributed by atoms with Crippen LogP contribution >= 0.6 is 11.8 Å². The van der Waals surface area contributed by atoms with Crippen molar-refractivity contribution < 1.29 is 39.0 Å². The number of rotatable bonds is 15. The first-order valence-electron chi connectivity index (χ1n) is 8.82. The third-order valence-electron chi connectivity index (χ3n) is 3.71. The molecule has 0 aliphatic rings. The highest BCUT2D eigenvalue weighted by molar-refractivity contribution is 7.98. The van der Waals surface area contributed by atoms with E-state index in [1.165, 1.54) is 11.8 Å². The van der Waals surface area contributed by atoms with Crippen LogP contribution in [0.25, 0.3) is 0 Å². The van der Waals surface area contributed by atoms with E-state index in [1.54, 1.807) is 6.26 Å². The highest BCUT2D eigenvalue weighted by Crippen LogP contribution is 2.01. The summed E-state index contributed by atoms with van der Waals surface area (Å²) in [5, 5.41) is 24.3. The Labute approximate surface area is 176 Å². The van der Waals surface area contributed by atoms with E-state index in [4.69, 9.17) is 21.7 Å². The summed E-state index contributed by atoms with van der Waals surface area (Å²) in [6.07, 6.45) is 0.812. The van der Waals surface area contributed by atoms with E-state index in [2.05, 4.69) is 16.0 Å². The molecule has 30 heavy (non-hydrogen) atoms. The van der Waals surface area contributed by atoms with Gasteiger partial charge in [0.2, 0.25) is 23.6 Å². The zero-order chi connectivity index (χ0) is 23.3. The molecule has 0 radical (unpaired) electrons. The predicted octanol–water partition coefficient (Wildman–Crippen LogP) is -3.02. The van der Waals surface area contributed by atoms with E-state index in [-0.39, 0.29) is 19.3 Å². The normalized spacial score (nSPS) is 13.4. The SMILES string of the molecule is CSCCC(NC(=O)CNC(=O)C(CC(N)=O)NC(=O)C(N)CCC(=O)O)C(=O)O. The van der Waals surface area contributed by atoms with Crippen LogP contribution in [0, 0.1) is 0 Å². The molecule has 0 heterocycles. The van der Waals surface area contributed by atoms with E-state index in [0.717, 1.165) is 0 Å². The van der Waals surface area contributed by atoms with Gasteiger partial charge in [-0.05, 0) is 24.9 Å². The molecule has 0 fully saturated rings. The lowest BCUT2D eigenvalue weighted by Crippen LogP contribution is -2.54. The maximum atomic E-state index is 12.2. The number of aliphatic carboxylic acids is 2. The standard InChI is InChI=1S/C16H27N5O8S/c1-30-5-4-9(16(28)29)20-12(23)7-19-15(27)10(6-11(18)22)21-14(26)8(17)2-3-13(24)25/h8-10H,2-7,17H2,1H3,(H2,18,22)(H,19,27)(H,20,23)(H,21,26)(H,24,25)(H,28,29). The van der Waals surface area contributed by atoms with Gasteiger partial charge in [-0.15, -0.1) is 0 Å². The molecule has 0 saturated heterocycles. The molecule has 0 aliphatic carbocycles. The number of primary amides is 1. The van der Waals surface area contributed by atoms with Gasteiger partial charge in [0.1, 0.15) is 12.1 Å². The molecule has 0 rings (SSSR count). The molecule has 0 aliphatic heterocycles. The quantitative estimate of drug-likeness (QED) is 0.134. The molecule has 4 amide bonds. The number of carbonyl (C=O) groups is 6. The predicted molar refractivity (Wildman–Crippen MR) is 106 cm³/mol. The Morgan fingerprint density at radius 3 is 2.10 bits per heavy atom. The minimum Gasteiger partial charge on any atom is -0.481 e. The molecule has 0 saturated carbocycles. The molecule has 3 atom stereocenters. The fourth-order valence-electron chi connectivity index (χ4n) is 2.13. The van der Waals surface area contributed by atoms with E-state index in [9.17, 15) is 28.8 Å². The zero-order valence-corrected chi connectivity index (χ0v) is 17.2. The number of hydrogen-bond acceptors (Lipinski definition) is 8. The van der Waals surface area contributed by atoms with Crippen molar-refractivity contribution in [1.82, 2.24) is 16.0 Å². The summed E-state index contributed by atoms with van der Waals surface area (Å²) >= 11 is 1.40. The van der Waals surface area contributed by atoms with Crippen molar-refractivity contribution in [2.45, 2.75) is 43.8 Å². The third kappa shape index (κ3) is 11.9. The number of thioether (sulfide) groups is 1. The molecule has 0 aromatic heterocycles. The Morgan fingerprint density at radius 2 is 1.60 bits per heavy atom. The second-order valence-electron chi connectivity index (χ2n) is 6.23. The maximum Gasteiger partial charge on any atom is 0.326 e. The summed E-state index contributed by atoms with van der Waals surface area (Å²) < 4.78 is 0. The minimum absolute atomic E-state index is 0.185. The van der Waals surface area contributed by atoms with Gasteiger partial charge in [0.25, 0.3) is 0 Å². The number of nitrogens with two attached hydrogens (primary N) is 2. The van der Waals surface area contributed by atoms with E-state index in [0.29, 0.717) is 5.75 Å². The van der Waals surface area contributed by atoms with Crippen molar-refractivity contribution >= 4 is 47.3 Å². The Balaban J connectivity index is 4.81. The van der Waals surface area contributed by atoms with Crippen molar-refractivity contribution in [2.24, 2.45) is 11.5 Å². The lowest BCUT2D eigenvalue weighted by molar-refractivity contribution is -0.142. The number of carboxylic acid groups (broad SMARTS) is 2. The molecule has 13 nitrogen and oxygen atoms in total. The van der Waals surface area contributed by atoms with Crippen LogP contribution in [0.15, 0.2) is 0 Å².